The SMILES string of the molecule is O=C1CCC(c2cc(C(=O)O)c3cc[nH]c3c2)C(=O)N1. The summed E-state index contributed by atoms with van der Waals surface area (Å²) in [6, 6.07) is 4.97. The Morgan fingerprint density at radius 1 is 1.30 bits per heavy atom. The van der Waals surface area contributed by atoms with Gasteiger partial charge in [-0.2, -0.15) is 0 Å². The molecule has 2 aromatic rings. The van der Waals surface area contributed by atoms with E-state index in [2.05, 4.69) is 10.3 Å². The number of hydrogen-bond acceptors (Lipinski definition) is 3. The topological polar surface area (TPSA) is 99.3 Å². The van der Waals surface area contributed by atoms with Gasteiger partial charge in [-0.15, -0.1) is 0 Å². The summed E-state index contributed by atoms with van der Waals surface area (Å²) in [5.74, 6) is -2.18. The largest absolute Gasteiger partial charge is 0.478 e. The summed E-state index contributed by atoms with van der Waals surface area (Å²) in [7, 11) is 0. The Bertz CT molecular complexity index is 732. The average Bonchev–Trinajstić information content (AvgIpc) is 2.85. The van der Waals surface area contributed by atoms with Crippen molar-refractivity contribution < 1.29 is 19.5 Å². The van der Waals surface area contributed by atoms with Gasteiger partial charge in [-0.25, -0.2) is 4.79 Å². The Labute approximate surface area is 113 Å². The Hall–Kier alpha value is -2.63. The number of fused-ring (bicyclic) bond motifs is 1. The molecule has 20 heavy (non-hydrogen) atoms. The number of aromatic nitrogens is 1. The van der Waals surface area contributed by atoms with Crippen molar-refractivity contribution in [2.24, 2.45) is 0 Å². The van der Waals surface area contributed by atoms with Crippen LogP contribution in [-0.4, -0.2) is 27.9 Å². The minimum atomic E-state index is -1.04. The molecule has 1 fully saturated rings. The van der Waals surface area contributed by atoms with Crippen molar-refractivity contribution in [2.45, 2.75) is 18.8 Å². The zero-order valence-electron chi connectivity index (χ0n) is 10.5. The predicted molar refractivity (Wildman–Crippen MR) is 70.4 cm³/mol. The van der Waals surface area contributed by atoms with Crippen LogP contribution in [0.5, 0.6) is 0 Å². The number of imide groups is 1. The van der Waals surface area contributed by atoms with E-state index in [4.69, 9.17) is 0 Å². The van der Waals surface area contributed by atoms with Gasteiger partial charge in [0, 0.05) is 23.5 Å². The molecule has 2 heterocycles. The van der Waals surface area contributed by atoms with Crippen LogP contribution in [0.4, 0.5) is 0 Å². The van der Waals surface area contributed by atoms with E-state index in [9.17, 15) is 19.5 Å². The lowest BCUT2D eigenvalue weighted by Gasteiger charge is -2.21. The summed E-state index contributed by atoms with van der Waals surface area (Å²) in [5.41, 5.74) is 1.44. The fourth-order valence-corrected chi connectivity index (χ4v) is 2.58. The highest BCUT2D eigenvalue weighted by atomic mass is 16.4. The average molecular weight is 272 g/mol. The number of carboxylic acid groups (broad SMARTS) is 1. The van der Waals surface area contributed by atoms with Gasteiger partial charge in [-0.3, -0.25) is 14.9 Å². The molecule has 1 aromatic carbocycles. The molecule has 3 N–H and O–H groups in total. The number of rotatable bonds is 2. The Balaban J connectivity index is 2.10. The van der Waals surface area contributed by atoms with Crippen LogP contribution >= 0.6 is 0 Å². The first-order chi connectivity index (χ1) is 9.56. The molecule has 0 spiro atoms. The van der Waals surface area contributed by atoms with Crippen molar-refractivity contribution in [1.29, 1.82) is 0 Å². The third kappa shape index (κ3) is 1.95. The third-order valence-corrected chi connectivity index (χ3v) is 3.56. The number of carboxylic acids is 1. The zero-order valence-corrected chi connectivity index (χ0v) is 10.5. The molecular weight excluding hydrogens is 260 g/mol. The fraction of sp³-hybridized carbons (Fsp3) is 0.214. The summed E-state index contributed by atoms with van der Waals surface area (Å²) in [5, 5.41) is 12.2. The van der Waals surface area contributed by atoms with Crippen LogP contribution < -0.4 is 5.32 Å². The molecule has 102 valence electrons. The molecule has 1 aliphatic heterocycles. The molecule has 0 bridgehead atoms. The third-order valence-electron chi connectivity index (χ3n) is 3.56. The van der Waals surface area contributed by atoms with Gasteiger partial charge >= 0.3 is 5.97 Å². The Morgan fingerprint density at radius 3 is 2.80 bits per heavy atom. The maximum Gasteiger partial charge on any atom is 0.336 e. The summed E-state index contributed by atoms with van der Waals surface area (Å²) in [6.45, 7) is 0. The monoisotopic (exact) mass is 272 g/mol. The van der Waals surface area contributed by atoms with Gasteiger partial charge in [0.2, 0.25) is 11.8 Å². The first kappa shape index (κ1) is 12.4. The van der Waals surface area contributed by atoms with Gasteiger partial charge in [0.15, 0.2) is 0 Å². The fourth-order valence-electron chi connectivity index (χ4n) is 2.58. The van der Waals surface area contributed by atoms with E-state index in [-0.39, 0.29) is 23.8 Å². The maximum absolute atomic E-state index is 11.9. The number of amides is 2. The van der Waals surface area contributed by atoms with Crippen molar-refractivity contribution >= 4 is 28.7 Å². The molecule has 6 heteroatoms. The van der Waals surface area contributed by atoms with E-state index >= 15 is 0 Å². The summed E-state index contributed by atoms with van der Waals surface area (Å²) in [4.78, 5) is 37.3. The molecule has 2 amide bonds. The van der Waals surface area contributed by atoms with E-state index in [0.29, 0.717) is 22.9 Å². The van der Waals surface area contributed by atoms with E-state index in [1.165, 1.54) is 6.07 Å². The number of hydrogen-bond donors (Lipinski definition) is 3. The van der Waals surface area contributed by atoms with Gasteiger partial charge in [0.25, 0.3) is 0 Å². The number of carbonyl (C=O) groups excluding carboxylic acids is 2. The standard InChI is InChI=1S/C14H12N2O4/c17-12-2-1-8(13(18)16-12)7-5-10(14(19)20)9-3-4-15-11(9)6-7/h3-6,8,15H,1-2H2,(H,19,20)(H,16,17,18). The van der Waals surface area contributed by atoms with Crippen LogP contribution in [0.15, 0.2) is 24.4 Å². The number of benzene rings is 1. The van der Waals surface area contributed by atoms with Crippen LogP contribution in [0.1, 0.15) is 34.7 Å². The van der Waals surface area contributed by atoms with Gasteiger partial charge < -0.3 is 10.1 Å². The first-order valence-corrected chi connectivity index (χ1v) is 6.24. The molecule has 0 radical (unpaired) electrons. The van der Waals surface area contributed by atoms with Crippen LogP contribution in [0.3, 0.4) is 0 Å². The lowest BCUT2D eigenvalue weighted by atomic mass is 9.89. The molecule has 1 saturated heterocycles. The maximum atomic E-state index is 11.9. The Kier molecular flexibility index (Phi) is 2.78. The van der Waals surface area contributed by atoms with Gasteiger partial charge in [0.1, 0.15) is 0 Å². The van der Waals surface area contributed by atoms with Gasteiger partial charge in [-0.1, -0.05) is 0 Å². The highest BCUT2D eigenvalue weighted by molar-refractivity contribution is 6.05. The minimum absolute atomic E-state index is 0.156. The molecule has 1 aliphatic rings. The summed E-state index contributed by atoms with van der Waals surface area (Å²) >= 11 is 0. The van der Waals surface area contributed by atoms with Gasteiger partial charge in [-0.05, 0) is 30.2 Å². The van der Waals surface area contributed by atoms with Crippen molar-refractivity contribution in [1.82, 2.24) is 10.3 Å². The highest BCUT2D eigenvalue weighted by Crippen LogP contribution is 2.29. The molecule has 3 rings (SSSR count). The molecule has 0 saturated carbocycles. The Morgan fingerprint density at radius 2 is 2.10 bits per heavy atom. The van der Waals surface area contributed by atoms with Crippen LogP contribution in [0, 0.1) is 0 Å². The normalized spacial score (nSPS) is 19.1. The lowest BCUT2D eigenvalue weighted by molar-refractivity contribution is -0.134. The number of nitrogens with one attached hydrogen (secondary N) is 2. The van der Waals surface area contributed by atoms with Crippen LogP contribution in [0.25, 0.3) is 10.9 Å². The zero-order chi connectivity index (χ0) is 14.3. The minimum Gasteiger partial charge on any atom is -0.478 e. The molecule has 0 aliphatic carbocycles. The number of carbonyl (C=O) groups is 3. The van der Waals surface area contributed by atoms with Crippen molar-refractivity contribution in [2.75, 3.05) is 0 Å². The number of aromatic carboxylic acids is 1. The van der Waals surface area contributed by atoms with Crippen molar-refractivity contribution in [3.05, 3.63) is 35.5 Å². The van der Waals surface area contributed by atoms with Crippen molar-refractivity contribution in [3.63, 3.8) is 0 Å². The molecule has 1 aromatic heterocycles. The lowest BCUT2D eigenvalue weighted by Crippen LogP contribution is -2.39. The quantitative estimate of drug-likeness (QED) is 0.719. The number of aromatic amines is 1. The highest BCUT2D eigenvalue weighted by Gasteiger charge is 2.29. The number of H-pyrrole nitrogens is 1. The molecule has 6 nitrogen and oxygen atoms in total. The van der Waals surface area contributed by atoms with E-state index < -0.39 is 11.9 Å². The van der Waals surface area contributed by atoms with Crippen LogP contribution in [0.2, 0.25) is 0 Å². The van der Waals surface area contributed by atoms with E-state index in [0.717, 1.165) is 0 Å². The summed E-state index contributed by atoms with van der Waals surface area (Å²) < 4.78 is 0. The second-order valence-electron chi connectivity index (χ2n) is 4.82. The molecular formula is C14H12N2O4. The van der Waals surface area contributed by atoms with Gasteiger partial charge in [0.05, 0.1) is 11.5 Å². The summed E-state index contributed by atoms with van der Waals surface area (Å²) in [6.07, 6.45) is 2.32. The van der Waals surface area contributed by atoms with Crippen LogP contribution in [-0.2, 0) is 9.59 Å². The smallest absolute Gasteiger partial charge is 0.336 e. The second-order valence-corrected chi connectivity index (χ2v) is 4.82. The van der Waals surface area contributed by atoms with E-state index in [1.54, 1.807) is 18.3 Å². The van der Waals surface area contributed by atoms with Crippen molar-refractivity contribution in [3.8, 4) is 0 Å². The molecule has 1 atom stereocenters. The first-order valence-electron chi connectivity index (χ1n) is 6.24. The number of piperidine rings is 1. The predicted octanol–water partition coefficient (Wildman–Crippen LogP) is 1.39. The second kappa shape index (κ2) is 4.48. The molecule has 1 unspecified atom stereocenters. The van der Waals surface area contributed by atoms with E-state index in [1.807, 2.05) is 0 Å².